The van der Waals surface area contributed by atoms with Gasteiger partial charge in [-0.15, -0.1) is 0 Å². The molecule has 1 heterocycles. The second-order valence-corrected chi connectivity index (χ2v) is 7.01. The number of aromatic amines is 1. The molecule has 0 saturated heterocycles. The van der Waals surface area contributed by atoms with Crippen molar-refractivity contribution in [3.05, 3.63) is 64.8 Å². The molecule has 0 spiro atoms. The van der Waals surface area contributed by atoms with Crippen molar-refractivity contribution < 1.29 is 14.6 Å². The molecule has 2 N–H and O–H groups in total. The lowest BCUT2D eigenvalue weighted by Crippen LogP contribution is -2.30. The first-order chi connectivity index (χ1) is 12.0. The van der Waals surface area contributed by atoms with E-state index in [1.54, 1.807) is 0 Å². The Morgan fingerprint density at radius 1 is 1.16 bits per heavy atom. The van der Waals surface area contributed by atoms with Gasteiger partial charge in [0.25, 0.3) is 0 Å². The van der Waals surface area contributed by atoms with Gasteiger partial charge in [0.15, 0.2) is 5.78 Å². The first-order valence-electron chi connectivity index (χ1n) is 8.58. The molecule has 0 amide bonds. The Morgan fingerprint density at radius 3 is 2.76 bits per heavy atom. The molecule has 1 aliphatic carbocycles. The Morgan fingerprint density at radius 2 is 1.96 bits per heavy atom. The predicted molar refractivity (Wildman–Crippen MR) is 97.5 cm³/mol. The predicted octanol–water partition coefficient (Wildman–Crippen LogP) is 3.80. The van der Waals surface area contributed by atoms with E-state index in [4.69, 9.17) is 9.84 Å². The molecule has 128 valence electrons. The largest absolute Gasteiger partial charge is 0.493 e. The van der Waals surface area contributed by atoms with Crippen LogP contribution in [0.4, 0.5) is 0 Å². The standard InChI is InChI=1S/C21H21NO3/c1-21(2)16-12-13(25-11-5-10-23)8-9-14(16)19(24)18-15-6-3-4-7-17(15)22-20(18)21/h3-4,6-9,12,22-23H,5,10-11H2,1-2H3. The number of aromatic nitrogens is 1. The summed E-state index contributed by atoms with van der Waals surface area (Å²) in [6.07, 6.45) is 0.589. The van der Waals surface area contributed by atoms with Crippen LogP contribution in [0.1, 0.15) is 47.4 Å². The highest BCUT2D eigenvalue weighted by atomic mass is 16.5. The van der Waals surface area contributed by atoms with Crippen molar-refractivity contribution in [2.24, 2.45) is 0 Å². The Kier molecular flexibility index (Phi) is 3.65. The summed E-state index contributed by atoms with van der Waals surface area (Å²) in [5.74, 6) is 0.788. The number of rotatable bonds is 4. The lowest BCUT2D eigenvalue weighted by molar-refractivity contribution is 0.103. The van der Waals surface area contributed by atoms with E-state index in [1.165, 1.54) is 0 Å². The van der Waals surface area contributed by atoms with Gasteiger partial charge in [-0.05, 0) is 29.8 Å². The van der Waals surface area contributed by atoms with Crippen molar-refractivity contribution in [1.82, 2.24) is 4.98 Å². The van der Waals surface area contributed by atoms with Crippen LogP contribution in [0.2, 0.25) is 0 Å². The molecule has 2 aromatic carbocycles. The molecule has 3 aromatic rings. The molecule has 0 aliphatic heterocycles. The van der Waals surface area contributed by atoms with Crippen molar-refractivity contribution in [2.45, 2.75) is 25.7 Å². The normalized spacial score (nSPS) is 15.1. The summed E-state index contributed by atoms with van der Waals surface area (Å²) in [5, 5.41) is 9.88. The van der Waals surface area contributed by atoms with Gasteiger partial charge in [-0.3, -0.25) is 4.79 Å². The van der Waals surface area contributed by atoms with E-state index in [1.807, 2.05) is 42.5 Å². The molecule has 4 nitrogen and oxygen atoms in total. The number of carbonyl (C=O) groups excluding carboxylic acids is 1. The van der Waals surface area contributed by atoms with Gasteiger partial charge >= 0.3 is 0 Å². The minimum Gasteiger partial charge on any atom is -0.493 e. The maximum atomic E-state index is 13.1. The molecule has 0 unspecified atom stereocenters. The number of aliphatic hydroxyl groups excluding tert-OH is 1. The summed E-state index contributed by atoms with van der Waals surface area (Å²) in [5.41, 5.74) is 4.10. The van der Waals surface area contributed by atoms with Crippen LogP contribution in [0, 0.1) is 0 Å². The second kappa shape index (κ2) is 5.74. The minimum atomic E-state index is -0.325. The monoisotopic (exact) mass is 335 g/mol. The number of aliphatic hydroxyl groups is 1. The molecule has 1 aliphatic rings. The number of hydrogen-bond donors (Lipinski definition) is 2. The lowest BCUT2D eigenvalue weighted by Gasteiger charge is -2.32. The lowest BCUT2D eigenvalue weighted by atomic mass is 9.71. The number of ether oxygens (including phenoxy) is 1. The van der Waals surface area contributed by atoms with Gasteiger partial charge < -0.3 is 14.8 Å². The Labute approximate surface area is 146 Å². The quantitative estimate of drug-likeness (QED) is 0.713. The summed E-state index contributed by atoms with van der Waals surface area (Å²) in [4.78, 5) is 16.6. The van der Waals surface area contributed by atoms with Crippen molar-refractivity contribution in [3.8, 4) is 5.75 Å². The zero-order chi connectivity index (χ0) is 17.6. The van der Waals surface area contributed by atoms with Crippen molar-refractivity contribution >= 4 is 16.7 Å². The fourth-order valence-corrected chi connectivity index (χ4v) is 3.70. The molecule has 4 rings (SSSR count). The number of hydrogen-bond acceptors (Lipinski definition) is 3. The summed E-state index contributed by atoms with van der Waals surface area (Å²) < 4.78 is 5.71. The summed E-state index contributed by atoms with van der Waals surface area (Å²) in [6.45, 7) is 4.82. The maximum absolute atomic E-state index is 13.1. The topological polar surface area (TPSA) is 62.3 Å². The SMILES string of the molecule is CC1(C)c2cc(OCCCO)ccc2C(=O)c2c1[nH]c1ccccc21. The third-order valence-electron chi connectivity index (χ3n) is 5.04. The zero-order valence-corrected chi connectivity index (χ0v) is 14.4. The number of ketones is 1. The molecule has 0 fully saturated rings. The molecule has 0 atom stereocenters. The van der Waals surface area contributed by atoms with Crippen molar-refractivity contribution in [1.29, 1.82) is 0 Å². The fourth-order valence-electron chi connectivity index (χ4n) is 3.70. The van der Waals surface area contributed by atoms with E-state index in [0.29, 0.717) is 13.0 Å². The second-order valence-electron chi connectivity index (χ2n) is 7.01. The van der Waals surface area contributed by atoms with Crippen molar-refractivity contribution in [3.63, 3.8) is 0 Å². The highest BCUT2D eigenvalue weighted by molar-refractivity contribution is 6.20. The smallest absolute Gasteiger partial charge is 0.195 e. The van der Waals surface area contributed by atoms with E-state index in [-0.39, 0.29) is 17.8 Å². The molecule has 1 aromatic heterocycles. The van der Waals surface area contributed by atoms with Crippen LogP contribution in [0.5, 0.6) is 5.75 Å². The van der Waals surface area contributed by atoms with Crippen LogP contribution in [-0.4, -0.2) is 29.1 Å². The highest BCUT2D eigenvalue weighted by Gasteiger charge is 2.39. The van der Waals surface area contributed by atoms with Gasteiger partial charge in [0.1, 0.15) is 5.75 Å². The van der Waals surface area contributed by atoms with Crippen LogP contribution in [0.25, 0.3) is 10.9 Å². The van der Waals surface area contributed by atoms with Gasteiger partial charge in [0.2, 0.25) is 0 Å². The minimum absolute atomic E-state index is 0.0590. The van der Waals surface area contributed by atoms with E-state index < -0.39 is 0 Å². The number of nitrogens with one attached hydrogen (secondary N) is 1. The molecule has 25 heavy (non-hydrogen) atoms. The summed E-state index contributed by atoms with van der Waals surface area (Å²) in [7, 11) is 0. The molecule has 0 bridgehead atoms. The Balaban J connectivity index is 1.85. The molecular weight excluding hydrogens is 314 g/mol. The van der Waals surface area contributed by atoms with Gasteiger partial charge in [0, 0.05) is 40.6 Å². The first-order valence-corrected chi connectivity index (χ1v) is 8.58. The Hall–Kier alpha value is -2.59. The molecule has 0 saturated carbocycles. The highest BCUT2D eigenvalue weighted by Crippen LogP contribution is 2.44. The fraction of sp³-hybridized carbons (Fsp3) is 0.286. The van der Waals surface area contributed by atoms with E-state index in [9.17, 15) is 4.79 Å². The third-order valence-corrected chi connectivity index (χ3v) is 5.04. The number of para-hydroxylation sites is 1. The third kappa shape index (κ3) is 2.36. The maximum Gasteiger partial charge on any atom is 0.195 e. The van der Waals surface area contributed by atoms with Crippen LogP contribution in [0.3, 0.4) is 0 Å². The van der Waals surface area contributed by atoms with E-state index >= 15 is 0 Å². The Bertz CT molecular complexity index is 968. The molecule has 4 heteroatoms. The first kappa shape index (κ1) is 15.9. The number of carbonyl (C=O) groups is 1. The van der Waals surface area contributed by atoms with Crippen LogP contribution in [0.15, 0.2) is 42.5 Å². The van der Waals surface area contributed by atoms with E-state index in [2.05, 4.69) is 18.8 Å². The van der Waals surface area contributed by atoms with Gasteiger partial charge in [-0.1, -0.05) is 32.0 Å². The summed E-state index contributed by atoms with van der Waals surface area (Å²) in [6, 6.07) is 13.6. The van der Waals surface area contributed by atoms with Gasteiger partial charge in [-0.25, -0.2) is 0 Å². The van der Waals surface area contributed by atoms with Gasteiger partial charge in [-0.2, -0.15) is 0 Å². The van der Waals surface area contributed by atoms with Gasteiger partial charge in [0.05, 0.1) is 12.2 Å². The molecule has 0 radical (unpaired) electrons. The average Bonchev–Trinajstić information content (AvgIpc) is 3.01. The van der Waals surface area contributed by atoms with E-state index in [0.717, 1.165) is 39.0 Å². The average molecular weight is 335 g/mol. The summed E-state index contributed by atoms with van der Waals surface area (Å²) >= 11 is 0. The number of benzene rings is 2. The molecular formula is C21H21NO3. The zero-order valence-electron chi connectivity index (χ0n) is 14.4. The van der Waals surface area contributed by atoms with Crippen LogP contribution < -0.4 is 4.74 Å². The van der Waals surface area contributed by atoms with Crippen LogP contribution >= 0.6 is 0 Å². The number of fused-ring (bicyclic) bond motifs is 4. The van der Waals surface area contributed by atoms with Crippen molar-refractivity contribution in [2.75, 3.05) is 13.2 Å². The number of H-pyrrole nitrogens is 1. The van der Waals surface area contributed by atoms with Crippen LogP contribution in [-0.2, 0) is 5.41 Å².